The van der Waals surface area contributed by atoms with Gasteiger partial charge in [-0.05, 0) is 31.2 Å². The van der Waals surface area contributed by atoms with Crippen LogP contribution in [-0.4, -0.2) is 50.7 Å². The Balaban J connectivity index is 2.25. The van der Waals surface area contributed by atoms with Crippen molar-refractivity contribution in [3.63, 3.8) is 0 Å². The fourth-order valence-electron chi connectivity index (χ4n) is 2.56. The molecule has 1 aliphatic heterocycles. The zero-order chi connectivity index (χ0) is 14.7. The minimum Gasteiger partial charge on any atom is -0.465 e. The van der Waals surface area contributed by atoms with E-state index in [0.29, 0.717) is 11.3 Å². The number of piperazine rings is 1. The largest absolute Gasteiger partial charge is 0.465 e. The van der Waals surface area contributed by atoms with Gasteiger partial charge in [0.05, 0.1) is 12.7 Å². The van der Waals surface area contributed by atoms with Crippen LogP contribution in [0.1, 0.15) is 22.8 Å². The molecular weight excluding hydrogens is 254 g/mol. The number of methoxy groups -OCH3 is 1. The van der Waals surface area contributed by atoms with Gasteiger partial charge in [0.25, 0.3) is 0 Å². The summed E-state index contributed by atoms with van der Waals surface area (Å²) in [6.45, 7) is 9.23. The number of carbonyl (C=O) groups excluding carboxylic acids is 1. The van der Waals surface area contributed by atoms with Crippen molar-refractivity contribution in [2.24, 2.45) is 0 Å². The monoisotopic (exact) mass is 277 g/mol. The van der Waals surface area contributed by atoms with Gasteiger partial charge in [-0.1, -0.05) is 6.92 Å². The van der Waals surface area contributed by atoms with Crippen LogP contribution in [0.3, 0.4) is 0 Å². The van der Waals surface area contributed by atoms with Crippen LogP contribution in [0.2, 0.25) is 0 Å². The van der Waals surface area contributed by atoms with E-state index in [1.165, 1.54) is 7.11 Å². The van der Waals surface area contributed by atoms with Gasteiger partial charge in [-0.3, -0.25) is 0 Å². The first-order valence-electron chi connectivity index (χ1n) is 7.02. The number of carbonyl (C=O) groups is 1. The summed E-state index contributed by atoms with van der Waals surface area (Å²) in [5, 5.41) is 0. The van der Waals surface area contributed by atoms with E-state index in [2.05, 4.69) is 16.7 Å². The van der Waals surface area contributed by atoms with Gasteiger partial charge >= 0.3 is 5.97 Å². The van der Waals surface area contributed by atoms with E-state index < -0.39 is 0 Å². The predicted molar refractivity (Wildman–Crippen MR) is 81.3 cm³/mol. The second-order valence-corrected chi connectivity index (χ2v) is 5.14. The second-order valence-electron chi connectivity index (χ2n) is 5.14. The molecule has 0 atom stereocenters. The van der Waals surface area contributed by atoms with Gasteiger partial charge in [0.2, 0.25) is 0 Å². The van der Waals surface area contributed by atoms with Crippen LogP contribution in [0.5, 0.6) is 0 Å². The SMILES string of the molecule is CCN1CCN(c2cc(C)c(N)c(C(=O)OC)c2)CC1. The molecular formula is C15H23N3O2. The molecule has 0 bridgehead atoms. The molecule has 5 heteroatoms. The summed E-state index contributed by atoms with van der Waals surface area (Å²) in [6, 6.07) is 3.89. The maximum atomic E-state index is 11.8. The molecule has 0 amide bonds. The fourth-order valence-corrected chi connectivity index (χ4v) is 2.56. The maximum absolute atomic E-state index is 11.8. The summed E-state index contributed by atoms with van der Waals surface area (Å²) in [5.74, 6) is -0.375. The van der Waals surface area contributed by atoms with E-state index in [0.717, 1.165) is 44.0 Å². The van der Waals surface area contributed by atoms with Gasteiger partial charge in [0.15, 0.2) is 0 Å². The molecule has 0 unspecified atom stereocenters. The van der Waals surface area contributed by atoms with Crippen molar-refractivity contribution in [3.8, 4) is 0 Å². The van der Waals surface area contributed by atoms with E-state index >= 15 is 0 Å². The van der Waals surface area contributed by atoms with Crippen molar-refractivity contribution >= 4 is 17.3 Å². The van der Waals surface area contributed by atoms with Crippen LogP contribution in [0.4, 0.5) is 11.4 Å². The lowest BCUT2D eigenvalue weighted by molar-refractivity contribution is 0.0602. The average Bonchev–Trinajstić information content (AvgIpc) is 2.49. The summed E-state index contributed by atoms with van der Waals surface area (Å²) < 4.78 is 4.80. The van der Waals surface area contributed by atoms with Crippen molar-refractivity contribution in [3.05, 3.63) is 23.3 Å². The smallest absolute Gasteiger partial charge is 0.340 e. The highest BCUT2D eigenvalue weighted by Crippen LogP contribution is 2.26. The lowest BCUT2D eigenvalue weighted by Crippen LogP contribution is -2.46. The van der Waals surface area contributed by atoms with Crippen LogP contribution >= 0.6 is 0 Å². The number of likely N-dealkylation sites (N-methyl/N-ethyl adjacent to an activating group) is 1. The molecule has 2 N–H and O–H groups in total. The highest BCUT2D eigenvalue weighted by Gasteiger charge is 2.19. The van der Waals surface area contributed by atoms with Crippen LogP contribution in [0.15, 0.2) is 12.1 Å². The Morgan fingerprint density at radius 3 is 2.50 bits per heavy atom. The number of aryl methyl sites for hydroxylation is 1. The van der Waals surface area contributed by atoms with Gasteiger partial charge in [0.1, 0.15) is 0 Å². The molecule has 0 aliphatic carbocycles. The summed E-state index contributed by atoms with van der Waals surface area (Å²) >= 11 is 0. The molecule has 110 valence electrons. The lowest BCUT2D eigenvalue weighted by atomic mass is 10.1. The van der Waals surface area contributed by atoms with E-state index in [1.807, 2.05) is 19.1 Å². The van der Waals surface area contributed by atoms with Gasteiger partial charge < -0.3 is 20.3 Å². The zero-order valence-electron chi connectivity index (χ0n) is 12.5. The Morgan fingerprint density at radius 1 is 1.30 bits per heavy atom. The summed E-state index contributed by atoms with van der Waals surface area (Å²) in [5.41, 5.74) is 8.91. The minimum atomic E-state index is -0.375. The molecule has 5 nitrogen and oxygen atoms in total. The third-order valence-corrected chi connectivity index (χ3v) is 3.96. The van der Waals surface area contributed by atoms with Gasteiger partial charge in [0, 0.05) is 37.6 Å². The normalized spacial score (nSPS) is 16.2. The number of benzene rings is 1. The average molecular weight is 277 g/mol. The molecule has 1 aromatic carbocycles. The Labute approximate surface area is 120 Å². The van der Waals surface area contributed by atoms with Gasteiger partial charge in [-0.15, -0.1) is 0 Å². The van der Waals surface area contributed by atoms with Crippen molar-refractivity contribution in [1.82, 2.24) is 4.90 Å². The van der Waals surface area contributed by atoms with Crippen molar-refractivity contribution in [2.75, 3.05) is 50.5 Å². The number of anilines is 2. The van der Waals surface area contributed by atoms with Crippen molar-refractivity contribution in [1.29, 1.82) is 0 Å². The summed E-state index contributed by atoms with van der Waals surface area (Å²) in [6.07, 6.45) is 0. The Bertz CT molecular complexity index is 494. The first-order valence-corrected chi connectivity index (χ1v) is 7.02. The molecule has 1 aliphatic rings. The Morgan fingerprint density at radius 2 is 1.95 bits per heavy atom. The zero-order valence-corrected chi connectivity index (χ0v) is 12.5. The highest BCUT2D eigenvalue weighted by atomic mass is 16.5. The summed E-state index contributed by atoms with van der Waals surface area (Å²) in [7, 11) is 1.38. The molecule has 0 saturated carbocycles. The number of esters is 1. The van der Waals surface area contributed by atoms with Crippen LogP contribution in [0.25, 0.3) is 0 Å². The number of nitrogens with two attached hydrogens (primary N) is 1. The third kappa shape index (κ3) is 2.88. The molecule has 0 radical (unpaired) electrons. The predicted octanol–water partition coefficient (Wildman–Crippen LogP) is 1.51. The number of hydrogen-bond acceptors (Lipinski definition) is 5. The first-order chi connectivity index (χ1) is 9.56. The molecule has 1 fully saturated rings. The van der Waals surface area contributed by atoms with E-state index in [4.69, 9.17) is 10.5 Å². The standard InChI is InChI=1S/C15H23N3O2/c1-4-17-5-7-18(8-6-17)12-9-11(2)14(16)13(10-12)15(19)20-3/h9-10H,4-8,16H2,1-3H3. The van der Waals surface area contributed by atoms with E-state index in [-0.39, 0.29) is 5.97 Å². The molecule has 1 saturated heterocycles. The molecule has 2 rings (SSSR count). The van der Waals surface area contributed by atoms with Crippen molar-refractivity contribution in [2.45, 2.75) is 13.8 Å². The van der Waals surface area contributed by atoms with Crippen LogP contribution < -0.4 is 10.6 Å². The van der Waals surface area contributed by atoms with E-state index in [9.17, 15) is 4.79 Å². The molecule has 1 aromatic rings. The number of hydrogen-bond donors (Lipinski definition) is 1. The van der Waals surface area contributed by atoms with Gasteiger partial charge in [-0.25, -0.2) is 4.79 Å². The quantitative estimate of drug-likeness (QED) is 0.670. The number of nitrogens with zero attached hydrogens (tertiary/aromatic N) is 2. The van der Waals surface area contributed by atoms with Crippen LogP contribution in [-0.2, 0) is 4.74 Å². The Kier molecular flexibility index (Phi) is 4.49. The minimum absolute atomic E-state index is 0.375. The third-order valence-electron chi connectivity index (χ3n) is 3.96. The molecule has 0 aromatic heterocycles. The second kappa shape index (κ2) is 6.13. The molecule has 1 heterocycles. The number of ether oxygens (including phenoxy) is 1. The maximum Gasteiger partial charge on any atom is 0.340 e. The van der Waals surface area contributed by atoms with Crippen LogP contribution in [0, 0.1) is 6.92 Å². The Hall–Kier alpha value is -1.75. The molecule has 20 heavy (non-hydrogen) atoms. The lowest BCUT2D eigenvalue weighted by Gasteiger charge is -2.36. The molecule has 0 spiro atoms. The highest BCUT2D eigenvalue weighted by molar-refractivity contribution is 5.97. The summed E-state index contributed by atoms with van der Waals surface area (Å²) in [4.78, 5) is 16.5. The fraction of sp³-hybridized carbons (Fsp3) is 0.533. The van der Waals surface area contributed by atoms with Crippen molar-refractivity contribution < 1.29 is 9.53 Å². The number of nitrogen functional groups attached to an aromatic ring is 1. The van der Waals surface area contributed by atoms with Gasteiger partial charge in [-0.2, -0.15) is 0 Å². The van der Waals surface area contributed by atoms with E-state index in [1.54, 1.807) is 0 Å². The number of rotatable bonds is 3. The topological polar surface area (TPSA) is 58.8 Å². The first kappa shape index (κ1) is 14.7.